The van der Waals surface area contributed by atoms with Crippen molar-refractivity contribution in [1.29, 1.82) is 0 Å². The van der Waals surface area contributed by atoms with Crippen molar-refractivity contribution in [2.45, 2.75) is 51.5 Å². The number of carbonyl (C=O) groups excluding carboxylic acids is 1. The summed E-state index contributed by atoms with van der Waals surface area (Å²) in [5.41, 5.74) is 0.246. The topological polar surface area (TPSA) is 66.3 Å². The second-order valence-corrected chi connectivity index (χ2v) is 6.15. The number of aromatic nitrogens is 2. The second-order valence-electron chi connectivity index (χ2n) is 5.74. The molecular formula is C15H22ClN3O2. The molecule has 0 saturated heterocycles. The van der Waals surface area contributed by atoms with Gasteiger partial charge in [-0.25, -0.2) is 9.97 Å². The molecule has 2 rings (SSSR count). The molecule has 116 valence electrons. The minimum Gasteiger partial charge on any atom is -0.395 e. The maximum atomic E-state index is 12.8. The quantitative estimate of drug-likeness (QED) is 0.907. The van der Waals surface area contributed by atoms with Crippen LogP contribution in [0.3, 0.4) is 0 Å². The highest BCUT2D eigenvalue weighted by atomic mass is 35.5. The van der Waals surface area contributed by atoms with Crippen molar-refractivity contribution in [1.82, 2.24) is 14.9 Å². The van der Waals surface area contributed by atoms with Crippen molar-refractivity contribution < 1.29 is 9.90 Å². The monoisotopic (exact) mass is 311 g/mol. The first kappa shape index (κ1) is 16.2. The van der Waals surface area contributed by atoms with Crippen molar-refractivity contribution in [2.75, 3.05) is 13.2 Å². The summed E-state index contributed by atoms with van der Waals surface area (Å²) in [6.07, 6.45) is 5.68. The van der Waals surface area contributed by atoms with E-state index < -0.39 is 0 Å². The molecular weight excluding hydrogens is 290 g/mol. The summed E-state index contributed by atoms with van der Waals surface area (Å²) in [4.78, 5) is 23.0. The summed E-state index contributed by atoms with van der Waals surface area (Å²) in [6.45, 7) is 4.21. The van der Waals surface area contributed by atoms with Gasteiger partial charge in [0.1, 0.15) is 5.82 Å². The molecule has 1 fully saturated rings. The van der Waals surface area contributed by atoms with Gasteiger partial charge in [-0.3, -0.25) is 4.79 Å². The Morgan fingerprint density at radius 3 is 2.71 bits per heavy atom. The van der Waals surface area contributed by atoms with E-state index in [0.29, 0.717) is 12.4 Å². The fourth-order valence-corrected chi connectivity index (χ4v) is 2.89. The summed E-state index contributed by atoms with van der Waals surface area (Å²) < 4.78 is 0. The summed E-state index contributed by atoms with van der Waals surface area (Å²) in [5, 5.41) is 9.51. The van der Waals surface area contributed by atoms with Gasteiger partial charge >= 0.3 is 0 Å². The third-order valence-electron chi connectivity index (χ3n) is 3.85. The highest BCUT2D eigenvalue weighted by molar-refractivity contribution is 6.33. The molecule has 1 heterocycles. The minimum absolute atomic E-state index is 0.0536. The van der Waals surface area contributed by atoms with Gasteiger partial charge in [0.15, 0.2) is 5.69 Å². The highest BCUT2D eigenvalue weighted by Gasteiger charge is 2.29. The van der Waals surface area contributed by atoms with E-state index in [1.54, 1.807) is 4.90 Å². The lowest BCUT2D eigenvalue weighted by molar-refractivity contribution is 0.0631. The van der Waals surface area contributed by atoms with Gasteiger partial charge in [-0.2, -0.15) is 0 Å². The molecule has 1 saturated carbocycles. The number of carbonyl (C=O) groups is 1. The van der Waals surface area contributed by atoms with Crippen LogP contribution in [0.25, 0.3) is 0 Å². The van der Waals surface area contributed by atoms with Crippen LogP contribution in [0.1, 0.15) is 61.8 Å². The fourth-order valence-electron chi connectivity index (χ4n) is 2.72. The third kappa shape index (κ3) is 3.71. The van der Waals surface area contributed by atoms with Gasteiger partial charge in [0, 0.05) is 18.5 Å². The molecule has 1 amide bonds. The lowest BCUT2D eigenvalue weighted by Crippen LogP contribution is -2.41. The molecule has 1 N–H and O–H groups in total. The zero-order valence-corrected chi connectivity index (χ0v) is 13.3. The molecule has 6 heteroatoms. The zero-order valence-electron chi connectivity index (χ0n) is 12.5. The van der Waals surface area contributed by atoms with Crippen molar-refractivity contribution in [3.63, 3.8) is 0 Å². The Morgan fingerprint density at radius 1 is 1.48 bits per heavy atom. The van der Waals surface area contributed by atoms with Gasteiger partial charge in [0.25, 0.3) is 5.91 Å². The number of rotatable bonds is 5. The first-order chi connectivity index (χ1) is 10.0. The first-order valence-corrected chi connectivity index (χ1v) is 7.86. The third-order valence-corrected chi connectivity index (χ3v) is 4.13. The molecule has 5 nitrogen and oxygen atoms in total. The Hall–Kier alpha value is -1.20. The molecule has 0 unspecified atom stereocenters. The lowest BCUT2D eigenvalue weighted by Gasteiger charge is -2.28. The fraction of sp³-hybridized carbons (Fsp3) is 0.667. The van der Waals surface area contributed by atoms with Crippen molar-refractivity contribution >= 4 is 17.5 Å². The van der Waals surface area contributed by atoms with Crippen LogP contribution >= 0.6 is 11.6 Å². The van der Waals surface area contributed by atoms with E-state index in [-0.39, 0.29) is 35.2 Å². The van der Waals surface area contributed by atoms with E-state index in [1.807, 2.05) is 13.8 Å². The summed E-state index contributed by atoms with van der Waals surface area (Å²) in [7, 11) is 0. The lowest BCUT2D eigenvalue weighted by atomic mass is 10.1. The van der Waals surface area contributed by atoms with Crippen LogP contribution in [0.2, 0.25) is 5.02 Å². The molecule has 21 heavy (non-hydrogen) atoms. The van der Waals surface area contributed by atoms with E-state index in [2.05, 4.69) is 9.97 Å². The van der Waals surface area contributed by atoms with E-state index in [1.165, 1.54) is 6.20 Å². The maximum absolute atomic E-state index is 12.8. The number of aliphatic hydroxyl groups excluding tert-OH is 1. The van der Waals surface area contributed by atoms with Crippen molar-refractivity contribution in [3.8, 4) is 0 Å². The van der Waals surface area contributed by atoms with Crippen molar-refractivity contribution in [2.24, 2.45) is 0 Å². The summed E-state index contributed by atoms with van der Waals surface area (Å²) in [6, 6.07) is 0.179. The van der Waals surface area contributed by atoms with Crippen LogP contribution in [0.5, 0.6) is 0 Å². The average molecular weight is 312 g/mol. The highest BCUT2D eigenvalue weighted by Crippen LogP contribution is 2.26. The van der Waals surface area contributed by atoms with Crippen LogP contribution in [-0.2, 0) is 0 Å². The van der Waals surface area contributed by atoms with Crippen LogP contribution in [0.4, 0.5) is 0 Å². The van der Waals surface area contributed by atoms with Crippen molar-refractivity contribution in [3.05, 3.63) is 22.7 Å². The number of halogens is 1. The van der Waals surface area contributed by atoms with Crippen LogP contribution in [-0.4, -0.2) is 45.1 Å². The molecule has 1 aliphatic rings. The summed E-state index contributed by atoms with van der Waals surface area (Å²) >= 11 is 6.11. The molecule has 0 atom stereocenters. The van der Waals surface area contributed by atoms with Gasteiger partial charge in [-0.1, -0.05) is 38.3 Å². The molecule has 0 radical (unpaired) electrons. The Bertz CT molecular complexity index is 502. The van der Waals surface area contributed by atoms with E-state index in [9.17, 15) is 9.90 Å². The summed E-state index contributed by atoms with van der Waals surface area (Å²) in [5.74, 6) is 0.537. The van der Waals surface area contributed by atoms with Gasteiger partial charge in [0.05, 0.1) is 17.8 Å². The normalized spacial score (nSPS) is 15.7. The Morgan fingerprint density at radius 2 is 2.14 bits per heavy atom. The van der Waals surface area contributed by atoms with Crippen LogP contribution in [0, 0.1) is 0 Å². The van der Waals surface area contributed by atoms with E-state index >= 15 is 0 Å². The Labute approximate surface area is 130 Å². The van der Waals surface area contributed by atoms with E-state index in [4.69, 9.17) is 11.6 Å². The standard InChI is InChI=1S/C15H22ClN3O2/c1-10(2)14-17-9-12(16)13(18-14)15(21)19(7-8-20)11-5-3-4-6-11/h9-11,20H,3-8H2,1-2H3. The predicted octanol–water partition coefficient (Wildman–Crippen LogP) is 2.63. The molecule has 1 aliphatic carbocycles. The predicted molar refractivity (Wildman–Crippen MR) is 81.5 cm³/mol. The first-order valence-electron chi connectivity index (χ1n) is 7.48. The van der Waals surface area contributed by atoms with Gasteiger partial charge < -0.3 is 10.0 Å². The number of nitrogens with zero attached hydrogens (tertiary/aromatic N) is 3. The minimum atomic E-state index is -0.203. The Balaban J connectivity index is 2.29. The van der Waals surface area contributed by atoms with Gasteiger partial charge in [-0.15, -0.1) is 0 Å². The van der Waals surface area contributed by atoms with Crippen LogP contribution < -0.4 is 0 Å². The number of hydrogen-bond acceptors (Lipinski definition) is 4. The smallest absolute Gasteiger partial charge is 0.274 e. The van der Waals surface area contributed by atoms with E-state index in [0.717, 1.165) is 25.7 Å². The zero-order chi connectivity index (χ0) is 15.4. The molecule has 0 aromatic carbocycles. The molecule has 1 aromatic heterocycles. The maximum Gasteiger partial charge on any atom is 0.274 e. The van der Waals surface area contributed by atoms with Gasteiger partial charge in [-0.05, 0) is 12.8 Å². The SMILES string of the molecule is CC(C)c1ncc(Cl)c(C(=O)N(CCO)C2CCCC2)n1. The van der Waals surface area contributed by atoms with Gasteiger partial charge in [0.2, 0.25) is 0 Å². The number of amides is 1. The molecule has 0 aliphatic heterocycles. The average Bonchev–Trinajstić information content (AvgIpc) is 2.98. The number of aliphatic hydroxyl groups is 1. The Kier molecular flexibility index (Phi) is 5.53. The molecule has 0 bridgehead atoms. The second kappa shape index (κ2) is 7.18. The number of hydrogen-bond donors (Lipinski definition) is 1. The largest absolute Gasteiger partial charge is 0.395 e. The molecule has 0 spiro atoms. The van der Waals surface area contributed by atoms with Crippen LogP contribution in [0.15, 0.2) is 6.20 Å². The molecule has 1 aromatic rings.